The molecule has 1 fully saturated rings. The second-order valence-corrected chi connectivity index (χ2v) is 4.94. The topological polar surface area (TPSA) is 15.3 Å². The van der Waals surface area contributed by atoms with Crippen molar-refractivity contribution in [3.05, 3.63) is 34.9 Å². The fraction of sp³-hybridized carbons (Fsp3) is 0.538. The molecule has 0 saturated carbocycles. The summed E-state index contributed by atoms with van der Waals surface area (Å²) >= 11 is 5.89. The van der Waals surface area contributed by atoms with E-state index in [9.17, 15) is 0 Å². The first-order valence-electron chi connectivity index (χ1n) is 5.94. The van der Waals surface area contributed by atoms with E-state index in [0.717, 1.165) is 37.7 Å². The highest BCUT2D eigenvalue weighted by Crippen LogP contribution is 2.19. The van der Waals surface area contributed by atoms with Crippen LogP contribution in [0.3, 0.4) is 0 Å². The van der Waals surface area contributed by atoms with Crippen LogP contribution in [0.1, 0.15) is 18.4 Å². The predicted octanol–water partition coefficient (Wildman–Crippen LogP) is 2.35. The third-order valence-corrected chi connectivity index (χ3v) is 3.43. The van der Waals surface area contributed by atoms with Crippen LogP contribution in [-0.4, -0.2) is 37.6 Å². The standard InChI is InChI=1S/C13H19ClN2/c1-11(10-16-8-6-15-7-9-16)12-2-4-13(14)5-3-12/h2-5,11,15H,6-10H2,1H3. The van der Waals surface area contributed by atoms with Crippen molar-refractivity contribution >= 4 is 11.6 Å². The molecule has 16 heavy (non-hydrogen) atoms. The number of benzene rings is 1. The highest BCUT2D eigenvalue weighted by Gasteiger charge is 2.13. The molecular formula is C13H19ClN2. The summed E-state index contributed by atoms with van der Waals surface area (Å²) in [6, 6.07) is 8.22. The normalized spacial score (nSPS) is 19.6. The number of piperazine rings is 1. The zero-order valence-corrected chi connectivity index (χ0v) is 10.5. The minimum absolute atomic E-state index is 0.579. The van der Waals surface area contributed by atoms with Gasteiger partial charge in [0.1, 0.15) is 0 Å². The lowest BCUT2D eigenvalue weighted by Gasteiger charge is -2.29. The van der Waals surface area contributed by atoms with Crippen LogP contribution in [0.4, 0.5) is 0 Å². The lowest BCUT2D eigenvalue weighted by molar-refractivity contribution is 0.230. The van der Waals surface area contributed by atoms with E-state index in [1.165, 1.54) is 5.56 Å². The van der Waals surface area contributed by atoms with Crippen LogP contribution < -0.4 is 5.32 Å². The molecule has 0 aromatic heterocycles. The van der Waals surface area contributed by atoms with E-state index in [0.29, 0.717) is 5.92 Å². The molecule has 0 spiro atoms. The Morgan fingerprint density at radius 1 is 1.25 bits per heavy atom. The highest BCUT2D eigenvalue weighted by atomic mass is 35.5. The van der Waals surface area contributed by atoms with Gasteiger partial charge in [0.15, 0.2) is 0 Å². The van der Waals surface area contributed by atoms with E-state index in [2.05, 4.69) is 29.3 Å². The zero-order valence-electron chi connectivity index (χ0n) is 9.75. The monoisotopic (exact) mass is 238 g/mol. The Kier molecular flexibility index (Phi) is 4.22. The molecule has 88 valence electrons. The van der Waals surface area contributed by atoms with Crippen LogP contribution in [0.2, 0.25) is 5.02 Å². The van der Waals surface area contributed by atoms with Crippen molar-refractivity contribution in [2.45, 2.75) is 12.8 Å². The van der Waals surface area contributed by atoms with E-state index >= 15 is 0 Å². The minimum Gasteiger partial charge on any atom is -0.314 e. The maximum absolute atomic E-state index is 5.89. The summed E-state index contributed by atoms with van der Waals surface area (Å²) in [6.07, 6.45) is 0. The number of nitrogens with one attached hydrogen (secondary N) is 1. The van der Waals surface area contributed by atoms with Crippen LogP contribution in [0.15, 0.2) is 24.3 Å². The third kappa shape index (κ3) is 3.21. The number of rotatable bonds is 3. The van der Waals surface area contributed by atoms with Gasteiger partial charge in [0.25, 0.3) is 0 Å². The van der Waals surface area contributed by atoms with E-state index in [1.54, 1.807) is 0 Å². The molecule has 1 aliphatic rings. The Hall–Kier alpha value is -0.570. The van der Waals surface area contributed by atoms with Crippen molar-refractivity contribution in [2.75, 3.05) is 32.7 Å². The smallest absolute Gasteiger partial charge is 0.0406 e. The predicted molar refractivity (Wildman–Crippen MR) is 69.2 cm³/mol. The Bertz CT molecular complexity index is 317. The average molecular weight is 239 g/mol. The zero-order chi connectivity index (χ0) is 11.4. The molecule has 1 aromatic rings. The van der Waals surface area contributed by atoms with Gasteiger partial charge in [0.05, 0.1) is 0 Å². The fourth-order valence-corrected chi connectivity index (χ4v) is 2.30. The quantitative estimate of drug-likeness (QED) is 0.870. The van der Waals surface area contributed by atoms with Crippen molar-refractivity contribution in [1.29, 1.82) is 0 Å². The van der Waals surface area contributed by atoms with Gasteiger partial charge in [0, 0.05) is 37.7 Å². The van der Waals surface area contributed by atoms with Crippen LogP contribution in [0, 0.1) is 0 Å². The number of hydrogen-bond donors (Lipinski definition) is 1. The molecule has 0 aliphatic carbocycles. The summed E-state index contributed by atoms with van der Waals surface area (Å²) in [5.41, 5.74) is 1.38. The van der Waals surface area contributed by atoms with Gasteiger partial charge in [-0.3, -0.25) is 0 Å². The first-order valence-corrected chi connectivity index (χ1v) is 6.32. The maximum atomic E-state index is 5.89. The molecule has 1 aromatic carbocycles. The van der Waals surface area contributed by atoms with Crippen LogP contribution in [0.25, 0.3) is 0 Å². The van der Waals surface area contributed by atoms with Gasteiger partial charge < -0.3 is 10.2 Å². The van der Waals surface area contributed by atoms with E-state index < -0.39 is 0 Å². The largest absolute Gasteiger partial charge is 0.314 e. The Labute approximate surface area is 103 Å². The van der Waals surface area contributed by atoms with Gasteiger partial charge in [-0.15, -0.1) is 0 Å². The van der Waals surface area contributed by atoms with Crippen molar-refractivity contribution in [3.63, 3.8) is 0 Å². The van der Waals surface area contributed by atoms with Gasteiger partial charge in [-0.05, 0) is 23.6 Å². The molecule has 1 atom stereocenters. The summed E-state index contributed by atoms with van der Waals surface area (Å²) in [7, 11) is 0. The van der Waals surface area contributed by atoms with Gasteiger partial charge in [-0.2, -0.15) is 0 Å². The van der Waals surface area contributed by atoms with Crippen molar-refractivity contribution in [2.24, 2.45) is 0 Å². The van der Waals surface area contributed by atoms with Crippen LogP contribution in [-0.2, 0) is 0 Å². The van der Waals surface area contributed by atoms with Gasteiger partial charge >= 0.3 is 0 Å². The number of hydrogen-bond acceptors (Lipinski definition) is 2. The maximum Gasteiger partial charge on any atom is 0.0406 e. The molecule has 1 unspecified atom stereocenters. The van der Waals surface area contributed by atoms with E-state index in [4.69, 9.17) is 11.6 Å². The van der Waals surface area contributed by atoms with Crippen LogP contribution in [0.5, 0.6) is 0 Å². The lowest BCUT2D eigenvalue weighted by atomic mass is 10.0. The first kappa shape index (κ1) is 11.9. The Morgan fingerprint density at radius 2 is 1.88 bits per heavy atom. The van der Waals surface area contributed by atoms with E-state index in [1.807, 2.05) is 12.1 Å². The Balaban J connectivity index is 1.91. The summed E-state index contributed by atoms with van der Waals surface area (Å²) in [5, 5.41) is 4.19. The van der Waals surface area contributed by atoms with Crippen molar-refractivity contribution in [1.82, 2.24) is 10.2 Å². The summed E-state index contributed by atoms with van der Waals surface area (Å²) in [4.78, 5) is 2.52. The van der Waals surface area contributed by atoms with E-state index in [-0.39, 0.29) is 0 Å². The Morgan fingerprint density at radius 3 is 2.50 bits per heavy atom. The molecule has 2 rings (SSSR count). The molecule has 1 heterocycles. The molecule has 0 amide bonds. The molecule has 2 nitrogen and oxygen atoms in total. The SMILES string of the molecule is CC(CN1CCNCC1)c1ccc(Cl)cc1. The fourth-order valence-electron chi connectivity index (χ4n) is 2.18. The lowest BCUT2D eigenvalue weighted by Crippen LogP contribution is -2.44. The minimum atomic E-state index is 0.579. The van der Waals surface area contributed by atoms with Crippen LogP contribution >= 0.6 is 11.6 Å². The first-order chi connectivity index (χ1) is 7.75. The second-order valence-electron chi connectivity index (χ2n) is 4.50. The molecule has 1 N–H and O–H groups in total. The summed E-state index contributed by atoms with van der Waals surface area (Å²) in [6.45, 7) is 7.99. The molecule has 1 saturated heterocycles. The molecular weight excluding hydrogens is 220 g/mol. The summed E-state index contributed by atoms with van der Waals surface area (Å²) < 4.78 is 0. The van der Waals surface area contributed by atoms with Crippen molar-refractivity contribution < 1.29 is 0 Å². The van der Waals surface area contributed by atoms with Crippen molar-refractivity contribution in [3.8, 4) is 0 Å². The van der Waals surface area contributed by atoms with Gasteiger partial charge in [-0.1, -0.05) is 30.7 Å². The molecule has 3 heteroatoms. The molecule has 0 radical (unpaired) electrons. The average Bonchev–Trinajstić information content (AvgIpc) is 2.31. The third-order valence-electron chi connectivity index (χ3n) is 3.18. The molecule has 1 aliphatic heterocycles. The second kappa shape index (κ2) is 5.67. The van der Waals surface area contributed by atoms with Gasteiger partial charge in [0.2, 0.25) is 0 Å². The van der Waals surface area contributed by atoms with Gasteiger partial charge in [-0.25, -0.2) is 0 Å². The number of halogens is 1. The highest BCUT2D eigenvalue weighted by molar-refractivity contribution is 6.30. The number of nitrogens with zero attached hydrogens (tertiary/aromatic N) is 1. The summed E-state index contributed by atoms with van der Waals surface area (Å²) in [5.74, 6) is 0.579. The molecule has 0 bridgehead atoms.